The zero-order chi connectivity index (χ0) is 8.97. The van der Waals surface area contributed by atoms with E-state index in [2.05, 4.69) is 4.90 Å². The van der Waals surface area contributed by atoms with E-state index in [0.717, 1.165) is 32.5 Å². The van der Waals surface area contributed by atoms with Crippen LogP contribution in [0.15, 0.2) is 0 Å². The zero-order valence-corrected chi connectivity index (χ0v) is 7.87. The van der Waals surface area contributed by atoms with E-state index in [9.17, 15) is 5.11 Å². The van der Waals surface area contributed by atoms with Gasteiger partial charge in [0, 0.05) is 6.04 Å². The van der Waals surface area contributed by atoms with Gasteiger partial charge in [0.2, 0.25) is 0 Å². The summed E-state index contributed by atoms with van der Waals surface area (Å²) in [5.41, 5.74) is 5.44. The fraction of sp³-hybridized carbons (Fsp3) is 1.00. The molecular weight excluding hydrogens is 152 g/mol. The second-order valence-corrected chi connectivity index (χ2v) is 3.63. The SMILES string of the molecule is C[C@H](O)[C@H]1CCCN1CCCN. The van der Waals surface area contributed by atoms with Crippen LogP contribution in [0, 0.1) is 0 Å². The molecule has 0 saturated carbocycles. The van der Waals surface area contributed by atoms with E-state index >= 15 is 0 Å². The van der Waals surface area contributed by atoms with E-state index in [1.807, 2.05) is 6.92 Å². The van der Waals surface area contributed by atoms with E-state index in [4.69, 9.17) is 5.73 Å². The average Bonchev–Trinajstić information content (AvgIpc) is 2.48. The molecule has 0 aromatic heterocycles. The van der Waals surface area contributed by atoms with Crippen LogP contribution in [0.4, 0.5) is 0 Å². The summed E-state index contributed by atoms with van der Waals surface area (Å²) in [5.74, 6) is 0. The van der Waals surface area contributed by atoms with E-state index in [0.29, 0.717) is 6.04 Å². The van der Waals surface area contributed by atoms with Crippen molar-refractivity contribution in [1.82, 2.24) is 4.90 Å². The maximum absolute atomic E-state index is 9.45. The van der Waals surface area contributed by atoms with Crippen molar-refractivity contribution in [3.8, 4) is 0 Å². The fourth-order valence-corrected chi connectivity index (χ4v) is 1.97. The lowest BCUT2D eigenvalue weighted by Gasteiger charge is -2.26. The molecule has 0 unspecified atom stereocenters. The molecule has 2 atom stereocenters. The first-order chi connectivity index (χ1) is 5.75. The van der Waals surface area contributed by atoms with Crippen molar-refractivity contribution in [3.05, 3.63) is 0 Å². The van der Waals surface area contributed by atoms with Gasteiger partial charge in [0.1, 0.15) is 0 Å². The summed E-state index contributed by atoms with van der Waals surface area (Å²) in [5, 5.41) is 9.45. The Kier molecular flexibility index (Phi) is 3.98. The van der Waals surface area contributed by atoms with Crippen molar-refractivity contribution >= 4 is 0 Å². The number of hydrogen-bond donors (Lipinski definition) is 2. The number of hydrogen-bond acceptors (Lipinski definition) is 3. The maximum atomic E-state index is 9.45. The summed E-state index contributed by atoms with van der Waals surface area (Å²) in [4.78, 5) is 2.36. The molecule has 1 fully saturated rings. The Hall–Kier alpha value is -0.120. The van der Waals surface area contributed by atoms with Gasteiger partial charge >= 0.3 is 0 Å². The predicted molar refractivity (Wildman–Crippen MR) is 49.9 cm³/mol. The Bertz CT molecular complexity index is 128. The van der Waals surface area contributed by atoms with E-state index < -0.39 is 0 Å². The molecule has 1 aliphatic heterocycles. The minimum Gasteiger partial charge on any atom is -0.392 e. The van der Waals surface area contributed by atoms with Gasteiger partial charge in [0.15, 0.2) is 0 Å². The monoisotopic (exact) mass is 172 g/mol. The normalized spacial score (nSPS) is 27.8. The van der Waals surface area contributed by atoms with Gasteiger partial charge in [-0.05, 0) is 45.8 Å². The van der Waals surface area contributed by atoms with Gasteiger partial charge in [-0.15, -0.1) is 0 Å². The van der Waals surface area contributed by atoms with Crippen molar-refractivity contribution in [2.75, 3.05) is 19.6 Å². The summed E-state index contributed by atoms with van der Waals surface area (Å²) in [6.45, 7) is 4.82. The van der Waals surface area contributed by atoms with Crippen LogP contribution in [-0.4, -0.2) is 41.8 Å². The summed E-state index contributed by atoms with van der Waals surface area (Å²) in [6, 6.07) is 0.386. The summed E-state index contributed by atoms with van der Waals surface area (Å²) in [6.07, 6.45) is 3.22. The van der Waals surface area contributed by atoms with Crippen LogP contribution in [0.2, 0.25) is 0 Å². The third-order valence-electron chi connectivity index (χ3n) is 2.62. The average molecular weight is 172 g/mol. The number of nitrogens with zero attached hydrogens (tertiary/aromatic N) is 1. The molecule has 3 heteroatoms. The number of nitrogens with two attached hydrogens (primary N) is 1. The lowest BCUT2D eigenvalue weighted by atomic mass is 10.1. The molecule has 0 aromatic rings. The molecule has 12 heavy (non-hydrogen) atoms. The Morgan fingerprint density at radius 3 is 3.00 bits per heavy atom. The Labute approximate surface area is 74.5 Å². The van der Waals surface area contributed by atoms with Gasteiger partial charge in [-0.2, -0.15) is 0 Å². The van der Waals surface area contributed by atoms with Crippen LogP contribution >= 0.6 is 0 Å². The molecule has 1 aliphatic rings. The van der Waals surface area contributed by atoms with Crippen LogP contribution in [0.5, 0.6) is 0 Å². The summed E-state index contributed by atoms with van der Waals surface area (Å²) >= 11 is 0. The Balaban J connectivity index is 2.30. The molecule has 0 amide bonds. The quantitative estimate of drug-likeness (QED) is 0.636. The van der Waals surface area contributed by atoms with Crippen LogP contribution in [-0.2, 0) is 0 Å². The van der Waals surface area contributed by atoms with Crippen LogP contribution in [0.3, 0.4) is 0 Å². The van der Waals surface area contributed by atoms with Gasteiger partial charge in [0.25, 0.3) is 0 Å². The van der Waals surface area contributed by atoms with Gasteiger partial charge in [-0.25, -0.2) is 0 Å². The number of aliphatic hydroxyl groups is 1. The smallest absolute Gasteiger partial charge is 0.0667 e. The first-order valence-electron chi connectivity index (χ1n) is 4.88. The van der Waals surface area contributed by atoms with Gasteiger partial charge in [-0.1, -0.05) is 0 Å². The Morgan fingerprint density at radius 1 is 1.67 bits per heavy atom. The molecule has 1 heterocycles. The zero-order valence-electron chi connectivity index (χ0n) is 7.87. The molecule has 3 nitrogen and oxygen atoms in total. The second kappa shape index (κ2) is 4.80. The lowest BCUT2D eigenvalue weighted by Crippen LogP contribution is -2.38. The molecular formula is C9H20N2O. The molecule has 0 spiro atoms. The number of aliphatic hydroxyl groups excluding tert-OH is 1. The lowest BCUT2D eigenvalue weighted by molar-refractivity contribution is 0.0864. The molecule has 1 saturated heterocycles. The van der Waals surface area contributed by atoms with Crippen LogP contribution in [0.25, 0.3) is 0 Å². The van der Waals surface area contributed by atoms with Gasteiger partial charge < -0.3 is 10.8 Å². The molecule has 0 aromatic carbocycles. The summed E-state index contributed by atoms with van der Waals surface area (Å²) in [7, 11) is 0. The number of likely N-dealkylation sites (tertiary alicyclic amines) is 1. The highest BCUT2D eigenvalue weighted by Crippen LogP contribution is 2.19. The minimum atomic E-state index is -0.190. The standard InChI is InChI=1S/C9H20N2O/c1-8(12)9-4-2-6-11(9)7-3-5-10/h8-9,12H,2-7,10H2,1H3/t8-,9+/m0/s1. The van der Waals surface area contributed by atoms with Crippen molar-refractivity contribution in [2.24, 2.45) is 5.73 Å². The highest BCUT2D eigenvalue weighted by molar-refractivity contribution is 4.82. The highest BCUT2D eigenvalue weighted by atomic mass is 16.3. The first kappa shape index (κ1) is 9.96. The molecule has 3 N–H and O–H groups in total. The van der Waals surface area contributed by atoms with Crippen molar-refractivity contribution in [2.45, 2.75) is 38.3 Å². The van der Waals surface area contributed by atoms with Crippen molar-refractivity contribution in [1.29, 1.82) is 0 Å². The fourth-order valence-electron chi connectivity index (χ4n) is 1.97. The van der Waals surface area contributed by atoms with Crippen LogP contribution in [0.1, 0.15) is 26.2 Å². The third kappa shape index (κ3) is 2.44. The molecule has 1 rings (SSSR count). The Morgan fingerprint density at radius 2 is 2.42 bits per heavy atom. The van der Waals surface area contributed by atoms with Crippen LogP contribution < -0.4 is 5.73 Å². The molecule has 0 bridgehead atoms. The molecule has 72 valence electrons. The van der Waals surface area contributed by atoms with E-state index in [-0.39, 0.29) is 6.10 Å². The maximum Gasteiger partial charge on any atom is 0.0667 e. The van der Waals surface area contributed by atoms with Crippen molar-refractivity contribution in [3.63, 3.8) is 0 Å². The minimum absolute atomic E-state index is 0.190. The number of rotatable bonds is 4. The second-order valence-electron chi connectivity index (χ2n) is 3.63. The first-order valence-corrected chi connectivity index (χ1v) is 4.88. The topological polar surface area (TPSA) is 49.5 Å². The van der Waals surface area contributed by atoms with E-state index in [1.165, 1.54) is 6.42 Å². The predicted octanol–water partition coefficient (Wildman–Crippen LogP) is 0.180. The third-order valence-corrected chi connectivity index (χ3v) is 2.62. The van der Waals surface area contributed by atoms with Crippen molar-refractivity contribution < 1.29 is 5.11 Å². The molecule has 0 aliphatic carbocycles. The highest BCUT2D eigenvalue weighted by Gasteiger charge is 2.27. The van der Waals surface area contributed by atoms with E-state index in [1.54, 1.807) is 0 Å². The molecule has 0 radical (unpaired) electrons. The van der Waals surface area contributed by atoms with Gasteiger partial charge in [0.05, 0.1) is 6.10 Å². The van der Waals surface area contributed by atoms with Gasteiger partial charge in [-0.3, -0.25) is 4.90 Å². The summed E-state index contributed by atoms with van der Waals surface area (Å²) < 4.78 is 0. The largest absolute Gasteiger partial charge is 0.392 e.